The van der Waals surface area contributed by atoms with E-state index in [0.717, 1.165) is 18.5 Å². The zero-order valence-electron chi connectivity index (χ0n) is 14.2. The number of amides is 1. The van der Waals surface area contributed by atoms with Crippen LogP contribution in [0.4, 0.5) is 5.69 Å². The van der Waals surface area contributed by atoms with Gasteiger partial charge in [-0.1, -0.05) is 18.2 Å². The molecule has 0 saturated carbocycles. The monoisotopic (exact) mass is 339 g/mol. The van der Waals surface area contributed by atoms with Crippen LogP contribution in [-0.4, -0.2) is 25.1 Å². The number of esters is 1. The third-order valence-electron chi connectivity index (χ3n) is 4.12. The fraction of sp³-hybridized carbons (Fsp3) is 0.300. The SMILES string of the molecule is CCOC(=O)c1ccccc1OCC(=O)Nc1ccc2c(c1)CCC2. The van der Waals surface area contributed by atoms with Crippen LogP contribution in [0.1, 0.15) is 34.8 Å². The summed E-state index contributed by atoms with van der Waals surface area (Å²) >= 11 is 0. The Hall–Kier alpha value is -2.82. The number of aryl methyl sites for hydroxylation is 2. The molecule has 0 unspecified atom stereocenters. The summed E-state index contributed by atoms with van der Waals surface area (Å²) in [6.45, 7) is 1.85. The molecule has 0 saturated heterocycles. The summed E-state index contributed by atoms with van der Waals surface area (Å²) in [5, 5.41) is 2.84. The molecule has 5 nitrogen and oxygen atoms in total. The van der Waals surface area contributed by atoms with Crippen molar-refractivity contribution in [3.05, 3.63) is 59.2 Å². The number of nitrogens with one attached hydrogen (secondary N) is 1. The highest BCUT2D eigenvalue weighted by Crippen LogP contribution is 2.25. The molecule has 0 aromatic heterocycles. The van der Waals surface area contributed by atoms with Crippen LogP contribution in [0, 0.1) is 0 Å². The van der Waals surface area contributed by atoms with Crippen molar-refractivity contribution in [1.29, 1.82) is 0 Å². The summed E-state index contributed by atoms with van der Waals surface area (Å²) in [4.78, 5) is 24.0. The molecule has 0 fully saturated rings. The standard InChI is InChI=1S/C20H21NO4/c1-2-24-20(23)17-8-3-4-9-18(17)25-13-19(22)21-16-11-10-14-6-5-7-15(14)12-16/h3-4,8-12H,2,5-7,13H2,1H3,(H,21,22). The Kier molecular flexibility index (Phi) is 5.33. The number of para-hydroxylation sites is 1. The normalized spacial score (nSPS) is 12.4. The predicted molar refractivity (Wildman–Crippen MR) is 95.0 cm³/mol. The van der Waals surface area contributed by atoms with Crippen LogP contribution >= 0.6 is 0 Å². The lowest BCUT2D eigenvalue weighted by molar-refractivity contribution is -0.118. The lowest BCUT2D eigenvalue weighted by Crippen LogP contribution is -2.21. The average Bonchev–Trinajstić information content (AvgIpc) is 3.08. The van der Waals surface area contributed by atoms with Crippen LogP contribution in [0.2, 0.25) is 0 Å². The zero-order valence-corrected chi connectivity index (χ0v) is 14.2. The van der Waals surface area contributed by atoms with E-state index in [0.29, 0.717) is 11.3 Å². The highest BCUT2D eigenvalue weighted by molar-refractivity contribution is 5.94. The third kappa shape index (κ3) is 4.18. The first-order chi connectivity index (χ1) is 12.2. The van der Waals surface area contributed by atoms with Gasteiger partial charge in [-0.3, -0.25) is 4.79 Å². The molecule has 25 heavy (non-hydrogen) atoms. The molecular weight excluding hydrogens is 318 g/mol. The molecule has 2 aromatic rings. The minimum absolute atomic E-state index is 0.173. The second-order valence-corrected chi connectivity index (χ2v) is 5.89. The first kappa shape index (κ1) is 17.0. The molecule has 130 valence electrons. The second-order valence-electron chi connectivity index (χ2n) is 5.89. The first-order valence-corrected chi connectivity index (χ1v) is 8.48. The first-order valence-electron chi connectivity index (χ1n) is 8.48. The number of carbonyl (C=O) groups is 2. The van der Waals surface area contributed by atoms with Crippen molar-refractivity contribution >= 4 is 17.6 Å². The van der Waals surface area contributed by atoms with Gasteiger partial charge < -0.3 is 14.8 Å². The number of rotatable bonds is 6. The molecule has 0 spiro atoms. The maximum absolute atomic E-state index is 12.1. The van der Waals surface area contributed by atoms with Gasteiger partial charge in [0, 0.05) is 5.69 Å². The van der Waals surface area contributed by atoms with E-state index in [-0.39, 0.29) is 19.1 Å². The number of fused-ring (bicyclic) bond motifs is 1. The van der Waals surface area contributed by atoms with E-state index in [9.17, 15) is 9.59 Å². The van der Waals surface area contributed by atoms with E-state index in [1.165, 1.54) is 17.5 Å². The molecule has 3 rings (SSSR count). The van der Waals surface area contributed by atoms with Crippen LogP contribution in [0.15, 0.2) is 42.5 Å². The van der Waals surface area contributed by atoms with Gasteiger partial charge in [-0.15, -0.1) is 0 Å². The van der Waals surface area contributed by atoms with Crippen LogP contribution < -0.4 is 10.1 Å². The lowest BCUT2D eigenvalue weighted by Gasteiger charge is -2.11. The largest absolute Gasteiger partial charge is 0.483 e. The smallest absolute Gasteiger partial charge is 0.341 e. The number of hydrogen-bond acceptors (Lipinski definition) is 4. The molecule has 1 aliphatic carbocycles. The number of anilines is 1. The molecule has 1 amide bonds. The molecule has 5 heteroatoms. The summed E-state index contributed by atoms with van der Waals surface area (Å²) in [7, 11) is 0. The molecule has 1 aliphatic rings. The quantitative estimate of drug-likeness (QED) is 0.820. The summed E-state index contributed by atoms with van der Waals surface area (Å²) < 4.78 is 10.5. The van der Waals surface area contributed by atoms with Gasteiger partial charge in [0.1, 0.15) is 11.3 Å². The maximum Gasteiger partial charge on any atom is 0.341 e. The van der Waals surface area contributed by atoms with Crippen molar-refractivity contribution in [2.24, 2.45) is 0 Å². The van der Waals surface area contributed by atoms with E-state index < -0.39 is 5.97 Å². The third-order valence-corrected chi connectivity index (χ3v) is 4.12. The van der Waals surface area contributed by atoms with Gasteiger partial charge in [0.2, 0.25) is 0 Å². The van der Waals surface area contributed by atoms with E-state index >= 15 is 0 Å². The second kappa shape index (κ2) is 7.83. The lowest BCUT2D eigenvalue weighted by atomic mass is 10.1. The number of benzene rings is 2. The number of carbonyl (C=O) groups excluding carboxylic acids is 2. The minimum atomic E-state index is -0.461. The van der Waals surface area contributed by atoms with E-state index in [2.05, 4.69) is 11.4 Å². The zero-order chi connectivity index (χ0) is 17.6. The van der Waals surface area contributed by atoms with Gasteiger partial charge in [-0.25, -0.2) is 4.79 Å². The Morgan fingerprint density at radius 2 is 1.88 bits per heavy atom. The summed E-state index contributed by atoms with van der Waals surface area (Å²) in [6, 6.07) is 12.7. The van der Waals surface area contributed by atoms with Crippen molar-refractivity contribution in [2.75, 3.05) is 18.5 Å². The number of hydrogen-bond donors (Lipinski definition) is 1. The fourth-order valence-corrected chi connectivity index (χ4v) is 2.96. The molecule has 0 bridgehead atoms. The van der Waals surface area contributed by atoms with E-state index in [4.69, 9.17) is 9.47 Å². The Morgan fingerprint density at radius 3 is 2.72 bits per heavy atom. The molecule has 1 N–H and O–H groups in total. The predicted octanol–water partition coefficient (Wildman–Crippen LogP) is 3.37. The van der Waals surface area contributed by atoms with Crippen LogP contribution in [-0.2, 0) is 22.4 Å². The summed E-state index contributed by atoms with van der Waals surface area (Å²) in [5.41, 5.74) is 3.74. The molecule has 0 atom stereocenters. The van der Waals surface area contributed by atoms with Crippen molar-refractivity contribution in [2.45, 2.75) is 26.2 Å². The summed E-state index contributed by atoms with van der Waals surface area (Å²) in [6.07, 6.45) is 3.33. The topological polar surface area (TPSA) is 64.6 Å². The van der Waals surface area contributed by atoms with Gasteiger partial charge in [0.15, 0.2) is 6.61 Å². The highest BCUT2D eigenvalue weighted by Gasteiger charge is 2.15. The van der Waals surface area contributed by atoms with Gasteiger partial charge in [-0.05, 0) is 61.6 Å². The highest BCUT2D eigenvalue weighted by atomic mass is 16.5. The Bertz CT molecular complexity index is 785. The fourth-order valence-electron chi connectivity index (χ4n) is 2.96. The van der Waals surface area contributed by atoms with Crippen LogP contribution in [0.25, 0.3) is 0 Å². The maximum atomic E-state index is 12.1. The van der Waals surface area contributed by atoms with Gasteiger partial charge in [0.05, 0.1) is 6.61 Å². The molecule has 0 heterocycles. The van der Waals surface area contributed by atoms with Gasteiger partial charge in [-0.2, -0.15) is 0 Å². The van der Waals surface area contributed by atoms with E-state index in [1.54, 1.807) is 31.2 Å². The van der Waals surface area contributed by atoms with Gasteiger partial charge >= 0.3 is 5.97 Å². The van der Waals surface area contributed by atoms with Crippen LogP contribution in [0.3, 0.4) is 0 Å². The van der Waals surface area contributed by atoms with Crippen molar-refractivity contribution in [1.82, 2.24) is 0 Å². The van der Waals surface area contributed by atoms with Crippen molar-refractivity contribution in [3.63, 3.8) is 0 Å². The average molecular weight is 339 g/mol. The van der Waals surface area contributed by atoms with E-state index in [1.807, 2.05) is 12.1 Å². The Balaban J connectivity index is 1.60. The van der Waals surface area contributed by atoms with Crippen molar-refractivity contribution in [3.8, 4) is 5.75 Å². The van der Waals surface area contributed by atoms with Gasteiger partial charge in [0.25, 0.3) is 5.91 Å². The molecule has 0 aliphatic heterocycles. The Labute approximate surface area is 147 Å². The molecular formula is C20H21NO4. The molecule has 2 aromatic carbocycles. The number of ether oxygens (including phenoxy) is 2. The summed E-state index contributed by atoms with van der Waals surface area (Å²) in [5.74, 6) is -0.390. The Morgan fingerprint density at radius 1 is 1.08 bits per heavy atom. The van der Waals surface area contributed by atoms with Crippen molar-refractivity contribution < 1.29 is 19.1 Å². The minimum Gasteiger partial charge on any atom is -0.483 e. The van der Waals surface area contributed by atoms with Crippen LogP contribution in [0.5, 0.6) is 5.75 Å². The molecule has 0 radical (unpaired) electrons.